The molecule has 32 heavy (non-hydrogen) atoms. The normalized spacial score (nSPS) is 16.6. The van der Waals surface area contributed by atoms with E-state index in [2.05, 4.69) is 33.0 Å². The summed E-state index contributed by atoms with van der Waals surface area (Å²) in [4.78, 5) is 39.0. The van der Waals surface area contributed by atoms with Crippen LogP contribution in [0.3, 0.4) is 0 Å². The number of hydrogen-bond acceptors (Lipinski definition) is 4. The Bertz CT molecular complexity index is 773. The molecule has 1 heterocycles. The van der Waals surface area contributed by atoms with Crippen molar-refractivity contribution in [2.75, 3.05) is 18.8 Å². The zero-order valence-corrected chi connectivity index (χ0v) is 21.1. The first kappa shape index (κ1) is 26.4. The lowest BCUT2D eigenvalue weighted by Gasteiger charge is -2.22. The number of likely N-dealkylation sites (tertiary alicyclic amines) is 1. The summed E-state index contributed by atoms with van der Waals surface area (Å²) < 4.78 is 0. The molecular weight excluding hydrogens is 420 g/mol. The number of carbonyl (C=O) groups is 3. The van der Waals surface area contributed by atoms with Crippen molar-refractivity contribution in [2.45, 2.75) is 89.7 Å². The van der Waals surface area contributed by atoms with Gasteiger partial charge in [0.25, 0.3) is 5.91 Å². The van der Waals surface area contributed by atoms with Gasteiger partial charge in [-0.05, 0) is 23.5 Å². The zero-order valence-electron chi connectivity index (χ0n) is 20.2. The van der Waals surface area contributed by atoms with Crippen LogP contribution in [-0.4, -0.2) is 46.7 Å². The third-order valence-corrected chi connectivity index (χ3v) is 7.08. The summed E-state index contributed by atoms with van der Waals surface area (Å²) in [6.45, 7) is 9.50. The smallest absolute Gasteiger partial charge is 0.251 e. The number of thioether (sulfide) groups is 1. The standard InChI is InChI=1S/C26H40N2O3S/c1-5-6-7-8-9-10-13-17-28-23(29)19-22(25(28)31)32-18-16-27-24(30)20-14-11-12-15-21(20)26(2,3)4/h11-12,14-15,22H,5-10,13,16-19H2,1-4H3,(H,27,30). The van der Waals surface area contributed by atoms with E-state index in [0.717, 1.165) is 18.4 Å². The molecule has 3 amide bonds. The molecule has 1 aromatic carbocycles. The minimum atomic E-state index is -0.314. The van der Waals surface area contributed by atoms with Crippen molar-refractivity contribution in [2.24, 2.45) is 0 Å². The van der Waals surface area contributed by atoms with Gasteiger partial charge in [-0.3, -0.25) is 19.3 Å². The Balaban J connectivity index is 1.71. The maximum Gasteiger partial charge on any atom is 0.251 e. The first-order valence-corrected chi connectivity index (χ1v) is 13.1. The van der Waals surface area contributed by atoms with Gasteiger partial charge in [-0.1, -0.05) is 84.4 Å². The van der Waals surface area contributed by atoms with E-state index in [1.54, 1.807) is 0 Å². The lowest BCUT2D eigenvalue weighted by molar-refractivity contribution is -0.138. The predicted molar refractivity (Wildman–Crippen MR) is 133 cm³/mol. The Kier molecular flexibility index (Phi) is 10.8. The van der Waals surface area contributed by atoms with Crippen molar-refractivity contribution in [1.29, 1.82) is 0 Å². The summed E-state index contributed by atoms with van der Waals surface area (Å²) in [6.07, 6.45) is 8.45. The van der Waals surface area contributed by atoms with Crippen LogP contribution in [0.4, 0.5) is 0 Å². The Morgan fingerprint density at radius 1 is 1.06 bits per heavy atom. The molecule has 6 heteroatoms. The van der Waals surface area contributed by atoms with Crippen LogP contribution in [0.5, 0.6) is 0 Å². The van der Waals surface area contributed by atoms with Crippen LogP contribution in [0.15, 0.2) is 24.3 Å². The Morgan fingerprint density at radius 2 is 1.72 bits per heavy atom. The summed E-state index contributed by atoms with van der Waals surface area (Å²) in [6, 6.07) is 7.67. The van der Waals surface area contributed by atoms with Crippen LogP contribution in [-0.2, 0) is 15.0 Å². The Labute approximate surface area is 198 Å². The monoisotopic (exact) mass is 460 g/mol. The van der Waals surface area contributed by atoms with Gasteiger partial charge in [0.15, 0.2) is 0 Å². The van der Waals surface area contributed by atoms with E-state index in [1.807, 2.05) is 24.3 Å². The fourth-order valence-corrected chi connectivity index (χ4v) is 5.08. The number of carbonyl (C=O) groups excluding carboxylic acids is 3. The lowest BCUT2D eigenvalue weighted by atomic mass is 9.83. The summed E-state index contributed by atoms with van der Waals surface area (Å²) >= 11 is 1.47. The quantitative estimate of drug-likeness (QED) is 0.319. The fraction of sp³-hybridized carbons (Fsp3) is 0.654. The first-order valence-electron chi connectivity index (χ1n) is 12.1. The van der Waals surface area contributed by atoms with E-state index >= 15 is 0 Å². The molecule has 1 saturated heterocycles. The number of unbranched alkanes of at least 4 members (excludes halogenated alkanes) is 6. The third-order valence-electron chi connectivity index (χ3n) is 5.87. The van der Waals surface area contributed by atoms with Crippen LogP contribution < -0.4 is 5.32 Å². The molecular formula is C26H40N2O3S. The minimum absolute atomic E-state index is 0.0541. The summed E-state index contributed by atoms with van der Waals surface area (Å²) in [5, 5.41) is 2.65. The van der Waals surface area contributed by atoms with E-state index < -0.39 is 0 Å². The average molecular weight is 461 g/mol. The average Bonchev–Trinajstić information content (AvgIpc) is 3.02. The first-order chi connectivity index (χ1) is 15.3. The van der Waals surface area contributed by atoms with Gasteiger partial charge < -0.3 is 5.32 Å². The highest BCUT2D eigenvalue weighted by Gasteiger charge is 2.38. The van der Waals surface area contributed by atoms with E-state index in [9.17, 15) is 14.4 Å². The Morgan fingerprint density at radius 3 is 2.41 bits per heavy atom. The van der Waals surface area contributed by atoms with Gasteiger partial charge in [0, 0.05) is 30.8 Å². The van der Waals surface area contributed by atoms with Crippen LogP contribution in [0.2, 0.25) is 0 Å². The molecule has 0 aromatic heterocycles. The molecule has 0 saturated carbocycles. The number of benzene rings is 1. The topological polar surface area (TPSA) is 66.5 Å². The second-order valence-electron chi connectivity index (χ2n) is 9.62. The molecule has 178 valence electrons. The molecule has 1 aromatic rings. The van der Waals surface area contributed by atoms with Crippen molar-refractivity contribution in [3.05, 3.63) is 35.4 Å². The van der Waals surface area contributed by atoms with Gasteiger partial charge in [-0.2, -0.15) is 0 Å². The molecule has 1 aliphatic rings. The van der Waals surface area contributed by atoms with Crippen molar-refractivity contribution in [3.63, 3.8) is 0 Å². The number of rotatable bonds is 13. The van der Waals surface area contributed by atoms with Crippen LogP contribution >= 0.6 is 11.8 Å². The molecule has 1 aliphatic heterocycles. The van der Waals surface area contributed by atoms with E-state index in [4.69, 9.17) is 0 Å². The van der Waals surface area contributed by atoms with E-state index in [1.165, 1.54) is 48.8 Å². The fourth-order valence-electron chi connectivity index (χ4n) is 4.04. The van der Waals surface area contributed by atoms with E-state index in [-0.39, 0.29) is 34.8 Å². The van der Waals surface area contributed by atoms with Crippen LogP contribution in [0, 0.1) is 0 Å². The zero-order chi connectivity index (χ0) is 23.6. The maximum atomic E-state index is 12.7. The SMILES string of the molecule is CCCCCCCCCN1C(=O)CC(SCCNC(=O)c2ccccc2C(C)(C)C)C1=O. The number of amides is 3. The van der Waals surface area contributed by atoms with Crippen molar-refractivity contribution < 1.29 is 14.4 Å². The second kappa shape index (κ2) is 13.0. The molecule has 0 radical (unpaired) electrons. The summed E-state index contributed by atoms with van der Waals surface area (Å²) in [5.41, 5.74) is 1.60. The van der Waals surface area contributed by atoms with Crippen molar-refractivity contribution in [3.8, 4) is 0 Å². The predicted octanol–water partition coefficient (Wildman–Crippen LogP) is 5.33. The van der Waals surface area contributed by atoms with Gasteiger partial charge in [0.05, 0.1) is 5.25 Å². The molecule has 1 unspecified atom stereocenters. The summed E-state index contributed by atoms with van der Waals surface area (Å²) in [5.74, 6) is 0.404. The summed E-state index contributed by atoms with van der Waals surface area (Å²) in [7, 11) is 0. The molecule has 2 rings (SSSR count). The highest BCUT2D eigenvalue weighted by Crippen LogP contribution is 2.27. The van der Waals surface area contributed by atoms with Gasteiger partial charge in [-0.25, -0.2) is 0 Å². The number of nitrogens with zero attached hydrogens (tertiary/aromatic N) is 1. The number of imide groups is 1. The minimum Gasteiger partial charge on any atom is -0.351 e. The molecule has 0 aliphatic carbocycles. The van der Waals surface area contributed by atoms with Gasteiger partial charge in [0.1, 0.15) is 0 Å². The molecule has 1 N–H and O–H groups in total. The third kappa shape index (κ3) is 7.95. The van der Waals surface area contributed by atoms with Crippen molar-refractivity contribution >= 4 is 29.5 Å². The van der Waals surface area contributed by atoms with Gasteiger partial charge in [0.2, 0.25) is 11.8 Å². The van der Waals surface area contributed by atoms with Gasteiger partial charge in [-0.15, -0.1) is 11.8 Å². The molecule has 5 nitrogen and oxygen atoms in total. The van der Waals surface area contributed by atoms with E-state index in [0.29, 0.717) is 24.4 Å². The van der Waals surface area contributed by atoms with Crippen LogP contribution in [0.25, 0.3) is 0 Å². The molecule has 1 atom stereocenters. The molecule has 0 spiro atoms. The number of nitrogens with one attached hydrogen (secondary N) is 1. The largest absolute Gasteiger partial charge is 0.351 e. The second-order valence-corrected chi connectivity index (χ2v) is 10.9. The highest BCUT2D eigenvalue weighted by atomic mass is 32.2. The molecule has 0 bridgehead atoms. The number of hydrogen-bond donors (Lipinski definition) is 1. The molecule has 1 fully saturated rings. The Hall–Kier alpha value is -1.82. The van der Waals surface area contributed by atoms with Gasteiger partial charge >= 0.3 is 0 Å². The maximum absolute atomic E-state index is 12.7. The van der Waals surface area contributed by atoms with Crippen LogP contribution in [0.1, 0.15) is 95.0 Å². The lowest BCUT2D eigenvalue weighted by Crippen LogP contribution is -2.33. The van der Waals surface area contributed by atoms with Crippen molar-refractivity contribution in [1.82, 2.24) is 10.2 Å². The highest BCUT2D eigenvalue weighted by molar-refractivity contribution is 8.00.